The van der Waals surface area contributed by atoms with Crippen LogP contribution in [0.25, 0.3) is 10.9 Å². The predicted molar refractivity (Wildman–Crippen MR) is 128 cm³/mol. The quantitative estimate of drug-likeness (QED) is 0.589. The van der Waals surface area contributed by atoms with Crippen molar-refractivity contribution >= 4 is 10.9 Å². The smallest absolute Gasteiger partial charge is 0.166 e. The van der Waals surface area contributed by atoms with Crippen LogP contribution in [0.2, 0.25) is 0 Å². The molecule has 1 aromatic heterocycles. The SMILES string of the molecule is Oc1ccc2c3c1O[C@H]1c4c(c5cc(F)cc6c5n4CCC6)C[C@@]4(O)[C@H](C2)N(CC2CC2)CC[C@]314. The number of phenolic OH excluding ortho intramolecular Hbond substituents is 1. The molecule has 3 aliphatic carbocycles. The van der Waals surface area contributed by atoms with Crippen LogP contribution in [0.15, 0.2) is 24.3 Å². The van der Waals surface area contributed by atoms with Gasteiger partial charge in [-0.05, 0) is 85.9 Å². The Labute approximate surface area is 203 Å². The van der Waals surface area contributed by atoms with Gasteiger partial charge < -0.3 is 19.5 Å². The second-order valence-corrected chi connectivity index (χ2v) is 12.0. The number of likely N-dealkylation sites (tertiary alicyclic amines) is 1. The summed E-state index contributed by atoms with van der Waals surface area (Å²) >= 11 is 0. The molecule has 6 aliphatic rings. The molecule has 1 saturated heterocycles. The predicted octanol–water partition coefficient (Wildman–Crippen LogP) is 4.13. The van der Waals surface area contributed by atoms with Crippen molar-refractivity contribution < 1.29 is 19.3 Å². The van der Waals surface area contributed by atoms with Gasteiger partial charge in [0.1, 0.15) is 5.82 Å². The molecule has 4 heterocycles. The fourth-order valence-electron chi connectivity index (χ4n) is 8.88. The number of rotatable bonds is 2. The number of aliphatic hydroxyl groups is 1. The van der Waals surface area contributed by atoms with Crippen LogP contribution < -0.4 is 4.74 Å². The number of benzene rings is 2. The molecule has 1 spiro atoms. The first-order valence-corrected chi connectivity index (χ1v) is 13.3. The van der Waals surface area contributed by atoms with Gasteiger partial charge in [0.2, 0.25) is 0 Å². The summed E-state index contributed by atoms with van der Waals surface area (Å²) in [6.07, 6.45) is 6.12. The number of hydrogen-bond donors (Lipinski definition) is 2. The Morgan fingerprint density at radius 1 is 1.14 bits per heavy atom. The van der Waals surface area contributed by atoms with Crippen molar-refractivity contribution in [3.63, 3.8) is 0 Å². The van der Waals surface area contributed by atoms with Crippen LogP contribution in [0.4, 0.5) is 4.39 Å². The third-order valence-electron chi connectivity index (χ3n) is 10.4. The minimum absolute atomic E-state index is 0.00403. The van der Waals surface area contributed by atoms with Crippen LogP contribution >= 0.6 is 0 Å². The van der Waals surface area contributed by atoms with Gasteiger partial charge in [-0.3, -0.25) is 4.90 Å². The van der Waals surface area contributed by atoms with E-state index in [1.54, 1.807) is 18.2 Å². The van der Waals surface area contributed by atoms with Crippen LogP contribution in [0.3, 0.4) is 0 Å². The molecule has 0 unspecified atom stereocenters. The maximum atomic E-state index is 14.8. The Balaban J connectivity index is 1.36. The largest absolute Gasteiger partial charge is 0.504 e. The van der Waals surface area contributed by atoms with Crippen LogP contribution in [0.1, 0.15) is 59.7 Å². The lowest BCUT2D eigenvalue weighted by Crippen LogP contribution is -2.74. The van der Waals surface area contributed by atoms with Gasteiger partial charge in [-0.25, -0.2) is 4.39 Å². The monoisotopic (exact) mass is 472 g/mol. The van der Waals surface area contributed by atoms with E-state index in [0.717, 1.165) is 84.5 Å². The van der Waals surface area contributed by atoms with E-state index in [4.69, 9.17) is 4.74 Å². The first kappa shape index (κ1) is 19.6. The average molecular weight is 473 g/mol. The molecular weight excluding hydrogens is 443 g/mol. The van der Waals surface area contributed by atoms with Crippen LogP contribution in [-0.2, 0) is 31.2 Å². The van der Waals surface area contributed by atoms with Gasteiger partial charge in [0.05, 0.1) is 22.2 Å². The van der Waals surface area contributed by atoms with Crippen LogP contribution in [0, 0.1) is 11.7 Å². The molecule has 1 saturated carbocycles. The molecule has 5 nitrogen and oxygen atoms in total. The number of halogens is 1. The molecule has 2 N–H and O–H groups in total. The van der Waals surface area contributed by atoms with Gasteiger partial charge in [0, 0.05) is 36.5 Å². The van der Waals surface area contributed by atoms with Crippen molar-refractivity contribution in [2.75, 3.05) is 13.1 Å². The number of phenols is 1. The second-order valence-electron chi connectivity index (χ2n) is 12.0. The van der Waals surface area contributed by atoms with E-state index >= 15 is 0 Å². The maximum Gasteiger partial charge on any atom is 0.166 e. The standard InChI is InChI=1S/C29H29FN2O3/c30-18-10-17-2-1-8-32-24(17)19(12-18)20-13-29(34)22-11-16-5-6-21(33)26-23(16)28(29,27(35-26)25(20)32)7-9-31(22)14-15-3-4-15/h5-6,10,12,15,22,27,33-34H,1-4,7-9,11,13-14H2/t22-,27-,28-,29+/m0/s1. The Morgan fingerprint density at radius 3 is 2.89 bits per heavy atom. The number of ether oxygens (including phenoxy) is 1. The molecule has 2 aromatic carbocycles. The van der Waals surface area contributed by atoms with Crippen molar-refractivity contribution in [1.29, 1.82) is 0 Å². The van der Waals surface area contributed by atoms with Crippen molar-refractivity contribution in [2.45, 2.75) is 74.7 Å². The third kappa shape index (κ3) is 2.12. The number of piperidine rings is 1. The highest BCUT2D eigenvalue weighted by Gasteiger charge is 2.73. The molecule has 4 atom stereocenters. The lowest BCUT2D eigenvalue weighted by molar-refractivity contribution is -0.173. The number of aromatic nitrogens is 1. The first-order valence-electron chi connectivity index (χ1n) is 13.3. The lowest BCUT2D eigenvalue weighted by Gasteiger charge is -2.63. The van der Waals surface area contributed by atoms with E-state index in [2.05, 4.69) is 15.5 Å². The molecule has 2 bridgehead atoms. The molecule has 2 fully saturated rings. The fourth-order valence-corrected chi connectivity index (χ4v) is 8.88. The fraction of sp³-hybridized carbons (Fsp3) is 0.517. The number of hydrogen-bond acceptors (Lipinski definition) is 4. The summed E-state index contributed by atoms with van der Waals surface area (Å²) in [7, 11) is 0. The van der Waals surface area contributed by atoms with Gasteiger partial charge in [0.15, 0.2) is 17.6 Å². The summed E-state index contributed by atoms with van der Waals surface area (Å²) in [5.41, 5.74) is 4.98. The van der Waals surface area contributed by atoms with Crippen molar-refractivity contribution in [3.05, 3.63) is 58.0 Å². The molecule has 0 amide bonds. The summed E-state index contributed by atoms with van der Waals surface area (Å²) in [6, 6.07) is 7.17. The Bertz CT molecular complexity index is 1470. The number of aromatic hydroxyl groups is 1. The van der Waals surface area contributed by atoms with E-state index < -0.39 is 11.0 Å². The number of nitrogens with zero attached hydrogens (tertiary/aromatic N) is 2. The average Bonchev–Trinajstić information content (AvgIpc) is 3.50. The minimum atomic E-state index is -1.02. The van der Waals surface area contributed by atoms with Crippen LogP contribution in [-0.4, -0.2) is 44.4 Å². The summed E-state index contributed by atoms with van der Waals surface area (Å²) < 4.78 is 23.9. The zero-order valence-corrected chi connectivity index (χ0v) is 19.7. The zero-order valence-electron chi connectivity index (χ0n) is 19.7. The molecular formula is C29H29FN2O3. The van der Waals surface area contributed by atoms with Gasteiger partial charge >= 0.3 is 0 Å². The van der Waals surface area contributed by atoms with Crippen molar-refractivity contribution in [1.82, 2.24) is 9.47 Å². The highest BCUT2D eigenvalue weighted by Crippen LogP contribution is 2.69. The summed E-state index contributed by atoms with van der Waals surface area (Å²) in [4.78, 5) is 2.54. The van der Waals surface area contributed by atoms with E-state index in [9.17, 15) is 14.6 Å². The summed E-state index contributed by atoms with van der Waals surface area (Å²) in [6.45, 7) is 2.86. The number of fused-ring (bicyclic) bond motifs is 4. The highest BCUT2D eigenvalue weighted by atomic mass is 19.1. The highest BCUT2D eigenvalue weighted by molar-refractivity contribution is 5.90. The van der Waals surface area contributed by atoms with Gasteiger partial charge in [-0.2, -0.15) is 0 Å². The molecule has 3 aromatic rings. The Kier molecular flexibility index (Phi) is 3.38. The Morgan fingerprint density at radius 2 is 2.03 bits per heavy atom. The van der Waals surface area contributed by atoms with Crippen LogP contribution in [0.5, 0.6) is 11.5 Å². The minimum Gasteiger partial charge on any atom is -0.504 e. The molecule has 35 heavy (non-hydrogen) atoms. The van der Waals surface area contributed by atoms with Crippen molar-refractivity contribution in [3.8, 4) is 11.5 Å². The van der Waals surface area contributed by atoms with Gasteiger partial charge in [-0.1, -0.05) is 6.07 Å². The molecule has 3 aliphatic heterocycles. The third-order valence-corrected chi connectivity index (χ3v) is 10.4. The van der Waals surface area contributed by atoms with Crippen molar-refractivity contribution in [2.24, 2.45) is 5.92 Å². The van der Waals surface area contributed by atoms with E-state index in [1.165, 1.54) is 18.4 Å². The summed E-state index contributed by atoms with van der Waals surface area (Å²) in [5.74, 6) is 1.27. The van der Waals surface area contributed by atoms with Gasteiger partial charge in [0.25, 0.3) is 0 Å². The topological polar surface area (TPSA) is 57.9 Å². The lowest BCUT2D eigenvalue weighted by atomic mass is 9.49. The normalized spacial score (nSPS) is 34.0. The van der Waals surface area contributed by atoms with Gasteiger partial charge in [-0.15, -0.1) is 0 Å². The molecule has 0 radical (unpaired) electrons. The molecule has 9 rings (SSSR count). The zero-order chi connectivity index (χ0) is 23.3. The number of aryl methyl sites for hydroxylation is 2. The first-order chi connectivity index (χ1) is 17.0. The summed E-state index contributed by atoms with van der Waals surface area (Å²) in [5, 5.41) is 24.8. The molecule has 180 valence electrons. The van der Waals surface area contributed by atoms with E-state index in [1.807, 2.05) is 0 Å². The maximum absolute atomic E-state index is 14.8. The Hall–Kier alpha value is -2.57. The van der Waals surface area contributed by atoms with E-state index in [-0.39, 0.29) is 23.7 Å². The van der Waals surface area contributed by atoms with E-state index in [0.29, 0.717) is 12.2 Å². The molecule has 6 heteroatoms. The second kappa shape index (κ2) is 6.04.